The third-order valence-electron chi connectivity index (χ3n) is 5.52. The lowest BCUT2D eigenvalue weighted by molar-refractivity contribution is 1.26. The van der Waals surface area contributed by atoms with Crippen molar-refractivity contribution < 1.29 is 0 Å². The molecular weight excluding hydrogens is 332 g/mol. The molecule has 3 heterocycles. The van der Waals surface area contributed by atoms with Crippen LogP contribution in [0.3, 0.4) is 0 Å². The van der Waals surface area contributed by atoms with Crippen LogP contribution in [0, 0.1) is 0 Å². The monoisotopic (exact) mass is 348 g/mol. The molecule has 0 amide bonds. The van der Waals surface area contributed by atoms with Crippen LogP contribution in [0.25, 0.3) is 22.4 Å². The summed E-state index contributed by atoms with van der Waals surface area (Å²) in [5.74, 6) is 0. The Balaban J connectivity index is 1.77. The molecule has 2 aliphatic rings. The number of aromatic nitrogens is 1. The standard InChI is InChI=1S/C23H16N2Si/c1-4-11-19-16(8-1)17-9-2-5-13-21(17)26-22-14-6-3-10-18(22)23-20(25(19)26)12-7-15-24-23/h1-15,26H. The summed E-state index contributed by atoms with van der Waals surface area (Å²) in [5, 5.41) is 2.95. The maximum atomic E-state index is 4.76. The average Bonchev–Trinajstić information content (AvgIpc) is 2.73. The highest BCUT2D eigenvalue weighted by Crippen LogP contribution is 2.44. The van der Waals surface area contributed by atoms with Crippen molar-refractivity contribution in [3.05, 3.63) is 91.1 Å². The minimum absolute atomic E-state index is 1.10. The fraction of sp³-hybridized carbons (Fsp3) is 0. The van der Waals surface area contributed by atoms with E-state index < -0.39 is 8.96 Å². The minimum atomic E-state index is -1.61. The van der Waals surface area contributed by atoms with Crippen LogP contribution in [0.1, 0.15) is 0 Å². The zero-order chi connectivity index (χ0) is 17.1. The first-order chi connectivity index (χ1) is 12.9. The summed E-state index contributed by atoms with van der Waals surface area (Å²) in [6, 6.07) is 30.8. The molecule has 0 aliphatic carbocycles. The van der Waals surface area contributed by atoms with E-state index >= 15 is 0 Å². The smallest absolute Gasteiger partial charge is 0.210 e. The van der Waals surface area contributed by atoms with Crippen molar-refractivity contribution in [2.75, 3.05) is 4.57 Å². The second-order valence-corrected chi connectivity index (χ2v) is 9.40. The Morgan fingerprint density at radius 2 is 1.19 bits per heavy atom. The Kier molecular flexibility index (Phi) is 2.79. The van der Waals surface area contributed by atoms with Crippen molar-refractivity contribution in [1.82, 2.24) is 4.98 Å². The van der Waals surface area contributed by atoms with Crippen LogP contribution in [0.15, 0.2) is 91.1 Å². The van der Waals surface area contributed by atoms with Crippen molar-refractivity contribution >= 4 is 30.7 Å². The van der Waals surface area contributed by atoms with Gasteiger partial charge in [-0.15, -0.1) is 0 Å². The molecule has 2 aliphatic heterocycles. The topological polar surface area (TPSA) is 16.1 Å². The van der Waals surface area contributed by atoms with Crippen molar-refractivity contribution in [2.45, 2.75) is 0 Å². The molecule has 0 fully saturated rings. The summed E-state index contributed by atoms with van der Waals surface area (Å²) in [4.78, 5) is 4.76. The summed E-state index contributed by atoms with van der Waals surface area (Å²) in [7, 11) is -1.61. The van der Waals surface area contributed by atoms with Gasteiger partial charge in [0, 0.05) is 23.0 Å². The van der Waals surface area contributed by atoms with Crippen LogP contribution in [-0.2, 0) is 0 Å². The van der Waals surface area contributed by atoms with Crippen molar-refractivity contribution in [2.24, 2.45) is 0 Å². The summed E-state index contributed by atoms with van der Waals surface area (Å²) >= 11 is 0. The molecule has 0 spiro atoms. The maximum absolute atomic E-state index is 4.76. The lowest BCUT2D eigenvalue weighted by Crippen LogP contribution is -2.59. The van der Waals surface area contributed by atoms with Crippen molar-refractivity contribution in [3.8, 4) is 22.4 Å². The maximum Gasteiger partial charge on any atom is 0.210 e. The molecule has 1 unspecified atom stereocenters. The molecule has 0 saturated heterocycles. The highest BCUT2D eigenvalue weighted by molar-refractivity contribution is 6.92. The molecule has 26 heavy (non-hydrogen) atoms. The van der Waals surface area contributed by atoms with Gasteiger partial charge in [-0.05, 0) is 34.1 Å². The molecule has 122 valence electrons. The normalized spacial score (nSPS) is 16.0. The molecule has 3 aromatic carbocycles. The molecule has 0 N–H and O–H groups in total. The number of hydrogen-bond donors (Lipinski definition) is 0. The van der Waals surface area contributed by atoms with Gasteiger partial charge in [-0.3, -0.25) is 4.98 Å². The van der Waals surface area contributed by atoms with Gasteiger partial charge in [-0.2, -0.15) is 0 Å². The van der Waals surface area contributed by atoms with Crippen LogP contribution in [0.4, 0.5) is 11.4 Å². The Bertz CT molecular complexity index is 984. The second-order valence-electron chi connectivity index (χ2n) is 6.84. The number of benzene rings is 3. The van der Waals surface area contributed by atoms with Crippen LogP contribution in [0.2, 0.25) is 0 Å². The minimum Gasteiger partial charge on any atom is -0.360 e. The van der Waals surface area contributed by atoms with E-state index in [1.165, 1.54) is 38.4 Å². The fourth-order valence-corrected chi connectivity index (χ4v) is 8.04. The van der Waals surface area contributed by atoms with Gasteiger partial charge in [-0.1, -0.05) is 66.7 Å². The number of rotatable bonds is 0. The zero-order valence-electron chi connectivity index (χ0n) is 14.1. The van der Waals surface area contributed by atoms with Crippen LogP contribution in [0.5, 0.6) is 0 Å². The van der Waals surface area contributed by atoms with Crippen LogP contribution < -0.4 is 14.9 Å². The van der Waals surface area contributed by atoms with E-state index in [1.54, 1.807) is 0 Å². The van der Waals surface area contributed by atoms with Gasteiger partial charge >= 0.3 is 0 Å². The molecule has 2 nitrogen and oxygen atoms in total. The number of nitrogens with zero attached hydrogens (tertiary/aromatic N) is 2. The highest BCUT2D eigenvalue weighted by atomic mass is 28.3. The Hall–Kier alpha value is -3.17. The van der Waals surface area contributed by atoms with E-state index in [0.29, 0.717) is 0 Å². The molecule has 3 heteroatoms. The number of pyridine rings is 1. The first-order valence-corrected chi connectivity index (χ1v) is 10.6. The van der Waals surface area contributed by atoms with Gasteiger partial charge < -0.3 is 4.57 Å². The summed E-state index contributed by atoms with van der Waals surface area (Å²) in [6.07, 6.45) is 1.90. The van der Waals surface area contributed by atoms with E-state index in [-0.39, 0.29) is 0 Å². The van der Waals surface area contributed by atoms with E-state index in [9.17, 15) is 0 Å². The van der Waals surface area contributed by atoms with Gasteiger partial charge in [0.25, 0.3) is 0 Å². The van der Waals surface area contributed by atoms with Crippen LogP contribution in [-0.4, -0.2) is 13.9 Å². The quantitative estimate of drug-likeness (QED) is 0.450. The summed E-state index contributed by atoms with van der Waals surface area (Å²) in [5.41, 5.74) is 7.65. The predicted molar refractivity (Wildman–Crippen MR) is 110 cm³/mol. The Labute approximate surface area is 154 Å². The molecule has 0 radical (unpaired) electrons. The van der Waals surface area contributed by atoms with Gasteiger partial charge in [0.2, 0.25) is 8.96 Å². The van der Waals surface area contributed by atoms with Crippen LogP contribution >= 0.6 is 0 Å². The third kappa shape index (κ3) is 1.73. The first kappa shape index (κ1) is 14.0. The number of anilines is 2. The molecule has 6 rings (SSSR count). The predicted octanol–water partition coefficient (Wildman–Crippen LogP) is 3.72. The van der Waals surface area contributed by atoms with Gasteiger partial charge in [0.05, 0.1) is 11.4 Å². The first-order valence-electron chi connectivity index (χ1n) is 8.95. The SMILES string of the molecule is c1ccc2c(c1)-c1ccccc1[SiH]1c3ccccc3-c3ncccc3N21. The molecular formula is C23H16N2Si. The summed E-state index contributed by atoms with van der Waals surface area (Å²) in [6.45, 7) is 0. The highest BCUT2D eigenvalue weighted by Gasteiger charge is 2.40. The van der Waals surface area contributed by atoms with E-state index in [2.05, 4.69) is 89.5 Å². The van der Waals surface area contributed by atoms with Crippen molar-refractivity contribution in [1.29, 1.82) is 0 Å². The number of para-hydroxylation sites is 1. The average molecular weight is 348 g/mol. The van der Waals surface area contributed by atoms with Gasteiger partial charge in [0.1, 0.15) is 0 Å². The zero-order valence-corrected chi connectivity index (χ0v) is 15.3. The molecule has 1 atom stereocenters. The van der Waals surface area contributed by atoms with E-state index in [1.807, 2.05) is 6.20 Å². The molecule has 4 aromatic rings. The molecule has 0 saturated carbocycles. The second kappa shape index (κ2) is 5.16. The van der Waals surface area contributed by atoms with Gasteiger partial charge in [0.15, 0.2) is 0 Å². The third-order valence-corrected chi connectivity index (χ3v) is 8.78. The Morgan fingerprint density at radius 1 is 0.577 bits per heavy atom. The summed E-state index contributed by atoms with van der Waals surface area (Å²) < 4.78 is 2.60. The largest absolute Gasteiger partial charge is 0.360 e. The van der Waals surface area contributed by atoms with E-state index in [4.69, 9.17) is 4.98 Å². The number of fused-ring (bicyclic) bond motifs is 11. The molecule has 0 bridgehead atoms. The fourth-order valence-electron chi connectivity index (χ4n) is 4.50. The molecule has 1 aromatic heterocycles. The van der Waals surface area contributed by atoms with E-state index in [0.717, 1.165) is 5.69 Å². The lowest BCUT2D eigenvalue weighted by atomic mass is 10.0. The van der Waals surface area contributed by atoms with Crippen molar-refractivity contribution in [3.63, 3.8) is 0 Å². The van der Waals surface area contributed by atoms with Gasteiger partial charge in [-0.25, -0.2) is 0 Å². The Morgan fingerprint density at radius 3 is 2.04 bits per heavy atom. The lowest BCUT2D eigenvalue weighted by Gasteiger charge is -2.43. The number of hydrogen-bond acceptors (Lipinski definition) is 2.